The van der Waals surface area contributed by atoms with Gasteiger partial charge in [0.05, 0.1) is 0 Å². The second-order valence-corrected chi connectivity index (χ2v) is 7.34. The molecule has 27 heavy (non-hydrogen) atoms. The van der Waals surface area contributed by atoms with Crippen LogP contribution in [-0.4, -0.2) is 62.1 Å². The molecular formula is C20H25N5O2. The van der Waals surface area contributed by atoms with Crippen molar-refractivity contribution in [1.29, 1.82) is 0 Å². The van der Waals surface area contributed by atoms with E-state index in [-0.39, 0.29) is 17.9 Å². The molecule has 7 nitrogen and oxygen atoms in total. The number of nitrogens with zero attached hydrogens (tertiary/aromatic N) is 5. The molecule has 142 valence electrons. The van der Waals surface area contributed by atoms with Crippen molar-refractivity contribution in [3.05, 3.63) is 48.5 Å². The topological polar surface area (TPSA) is 71.3 Å². The van der Waals surface area contributed by atoms with Gasteiger partial charge in [-0.3, -0.25) is 9.59 Å². The lowest BCUT2D eigenvalue weighted by molar-refractivity contribution is -0.138. The molecule has 3 heterocycles. The summed E-state index contributed by atoms with van der Waals surface area (Å²) in [4.78, 5) is 29.9. The van der Waals surface area contributed by atoms with Crippen molar-refractivity contribution in [2.45, 2.75) is 44.2 Å². The van der Waals surface area contributed by atoms with Gasteiger partial charge in [0.15, 0.2) is 0 Å². The molecule has 0 bridgehead atoms. The number of carbonyl (C=O) groups excluding carboxylic acids is 2. The molecule has 2 aliphatic heterocycles. The number of likely N-dealkylation sites (tertiary alicyclic amines) is 2. The molecule has 2 aromatic rings. The Bertz CT molecular complexity index is 769. The van der Waals surface area contributed by atoms with E-state index in [2.05, 4.69) is 10.2 Å². The third-order valence-electron chi connectivity index (χ3n) is 5.70. The third-order valence-corrected chi connectivity index (χ3v) is 5.70. The predicted molar refractivity (Wildman–Crippen MR) is 100.0 cm³/mol. The van der Waals surface area contributed by atoms with Crippen LogP contribution in [0.15, 0.2) is 43.0 Å². The molecule has 0 N–H and O–H groups in total. The lowest BCUT2D eigenvalue weighted by Crippen LogP contribution is -2.54. The molecule has 2 saturated heterocycles. The molecule has 1 aromatic heterocycles. The van der Waals surface area contributed by atoms with E-state index < -0.39 is 0 Å². The number of amides is 2. The first kappa shape index (κ1) is 17.7. The van der Waals surface area contributed by atoms with E-state index in [0.29, 0.717) is 31.2 Å². The monoisotopic (exact) mass is 367 g/mol. The summed E-state index contributed by atoms with van der Waals surface area (Å²) in [6.07, 6.45) is 7.96. The normalized spacial score (nSPS) is 21.3. The van der Waals surface area contributed by atoms with Crippen molar-refractivity contribution in [1.82, 2.24) is 24.6 Å². The van der Waals surface area contributed by atoms with Crippen LogP contribution in [0.2, 0.25) is 0 Å². The van der Waals surface area contributed by atoms with Crippen LogP contribution < -0.4 is 0 Å². The number of carbonyl (C=O) groups is 2. The highest BCUT2D eigenvalue weighted by atomic mass is 16.2. The molecule has 7 heteroatoms. The lowest BCUT2D eigenvalue weighted by Gasteiger charge is -2.40. The Labute approximate surface area is 159 Å². The maximum atomic E-state index is 13.2. The molecule has 0 aliphatic carbocycles. The summed E-state index contributed by atoms with van der Waals surface area (Å²) in [6.45, 7) is 2.08. The Morgan fingerprint density at radius 1 is 0.889 bits per heavy atom. The largest absolute Gasteiger partial charge is 0.341 e. The number of aromatic nitrogens is 3. The molecule has 1 atom stereocenters. The van der Waals surface area contributed by atoms with Gasteiger partial charge in [-0.2, -0.15) is 0 Å². The van der Waals surface area contributed by atoms with Crippen LogP contribution in [0.3, 0.4) is 0 Å². The van der Waals surface area contributed by atoms with Crippen molar-refractivity contribution in [3.8, 4) is 0 Å². The van der Waals surface area contributed by atoms with Crippen LogP contribution >= 0.6 is 0 Å². The van der Waals surface area contributed by atoms with E-state index in [1.54, 1.807) is 17.6 Å². The van der Waals surface area contributed by atoms with Gasteiger partial charge in [0, 0.05) is 31.2 Å². The van der Waals surface area contributed by atoms with Gasteiger partial charge < -0.3 is 14.4 Å². The summed E-state index contributed by atoms with van der Waals surface area (Å²) in [6, 6.07) is 9.28. The summed E-state index contributed by atoms with van der Waals surface area (Å²) in [5.74, 6) is 0.0641. The zero-order valence-corrected chi connectivity index (χ0v) is 15.4. The summed E-state index contributed by atoms with van der Waals surface area (Å²) >= 11 is 0. The molecule has 0 spiro atoms. The Hall–Kier alpha value is -2.70. The average Bonchev–Trinajstić information content (AvgIpc) is 3.28. The van der Waals surface area contributed by atoms with E-state index >= 15 is 0 Å². The minimum atomic E-state index is -0.335. The van der Waals surface area contributed by atoms with Crippen LogP contribution in [0, 0.1) is 0 Å². The van der Waals surface area contributed by atoms with E-state index in [4.69, 9.17) is 0 Å². The van der Waals surface area contributed by atoms with Crippen LogP contribution in [0.1, 0.15) is 48.5 Å². The molecule has 0 saturated carbocycles. The smallest absolute Gasteiger partial charge is 0.254 e. The Morgan fingerprint density at radius 2 is 1.59 bits per heavy atom. The number of hydrogen-bond acceptors (Lipinski definition) is 4. The van der Waals surface area contributed by atoms with Gasteiger partial charge in [-0.1, -0.05) is 18.2 Å². The fraction of sp³-hybridized carbons (Fsp3) is 0.500. The van der Waals surface area contributed by atoms with E-state index in [1.807, 2.05) is 39.8 Å². The Balaban J connectivity index is 1.43. The first-order valence-electron chi connectivity index (χ1n) is 9.73. The molecular weight excluding hydrogens is 342 g/mol. The van der Waals surface area contributed by atoms with E-state index in [0.717, 1.165) is 32.1 Å². The quantitative estimate of drug-likeness (QED) is 0.833. The number of piperidine rings is 2. The van der Waals surface area contributed by atoms with Gasteiger partial charge in [-0.25, -0.2) is 0 Å². The van der Waals surface area contributed by atoms with Crippen molar-refractivity contribution < 1.29 is 9.59 Å². The highest BCUT2D eigenvalue weighted by Crippen LogP contribution is 2.26. The van der Waals surface area contributed by atoms with Crippen LogP contribution in [0.25, 0.3) is 0 Å². The molecule has 1 aromatic carbocycles. The SMILES string of the molecule is O=C(C1CCCCN1C(=O)c1ccccc1)N1CCC(n2cnnc2)CC1. The van der Waals surface area contributed by atoms with Crippen molar-refractivity contribution >= 4 is 11.8 Å². The predicted octanol–water partition coefficient (Wildman–Crippen LogP) is 2.14. The van der Waals surface area contributed by atoms with Crippen LogP contribution in [0.4, 0.5) is 0 Å². The van der Waals surface area contributed by atoms with Gasteiger partial charge >= 0.3 is 0 Å². The maximum Gasteiger partial charge on any atom is 0.254 e. The average molecular weight is 367 g/mol. The van der Waals surface area contributed by atoms with Crippen molar-refractivity contribution in [2.75, 3.05) is 19.6 Å². The number of benzene rings is 1. The molecule has 2 fully saturated rings. The molecule has 0 radical (unpaired) electrons. The second-order valence-electron chi connectivity index (χ2n) is 7.34. The van der Waals surface area contributed by atoms with Gasteiger partial charge in [0.2, 0.25) is 5.91 Å². The number of hydrogen-bond donors (Lipinski definition) is 0. The maximum absolute atomic E-state index is 13.2. The fourth-order valence-electron chi connectivity index (χ4n) is 4.17. The first-order chi connectivity index (χ1) is 13.2. The molecule has 1 unspecified atom stereocenters. The molecule has 4 rings (SSSR count). The summed E-state index contributed by atoms with van der Waals surface area (Å²) < 4.78 is 2.02. The minimum Gasteiger partial charge on any atom is -0.341 e. The highest BCUT2D eigenvalue weighted by Gasteiger charge is 2.36. The third kappa shape index (κ3) is 3.72. The van der Waals surface area contributed by atoms with Crippen molar-refractivity contribution in [3.63, 3.8) is 0 Å². The number of rotatable bonds is 3. The fourth-order valence-corrected chi connectivity index (χ4v) is 4.17. The molecule has 2 aliphatic rings. The zero-order chi connectivity index (χ0) is 18.6. The summed E-state index contributed by atoms with van der Waals surface area (Å²) in [5.41, 5.74) is 0.656. The molecule has 2 amide bonds. The van der Waals surface area contributed by atoms with Gasteiger partial charge in [-0.05, 0) is 44.2 Å². The van der Waals surface area contributed by atoms with E-state index in [1.165, 1.54) is 0 Å². The zero-order valence-electron chi connectivity index (χ0n) is 15.4. The van der Waals surface area contributed by atoms with Gasteiger partial charge in [-0.15, -0.1) is 10.2 Å². The Morgan fingerprint density at radius 3 is 2.30 bits per heavy atom. The first-order valence-corrected chi connectivity index (χ1v) is 9.73. The van der Waals surface area contributed by atoms with Crippen LogP contribution in [0.5, 0.6) is 0 Å². The standard InChI is InChI=1S/C20H25N5O2/c26-19(16-6-2-1-3-7-16)25-11-5-4-8-18(25)20(27)23-12-9-17(10-13-23)24-14-21-22-15-24/h1-3,6-7,14-15,17-18H,4-5,8-13H2. The van der Waals surface area contributed by atoms with Crippen molar-refractivity contribution in [2.24, 2.45) is 0 Å². The second kappa shape index (κ2) is 7.90. The van der Waals surface area contributed by atoms with Gasteiger partial charge in [0.1, 0.15) is 18.7 Å². The van der Waals surface area contributed by atoms with Crippen LogP contribution in [-0.2, 0) is 4.79 Å². The van der Waals surface area contributed by atoms with E-state index in [9.17, 15) is 9.59 Å². The van der Waals surface area contributed by atoms with Gasteiger partial charge in [0.25, 0.3) is 5.91 Å². The highest BCUT2D eigenvalue weighted by molar-refractivity contribution is 5.97. The summed E-state index contributed by atoms with van der Waals surface area (Å²) in [7, 11) is 0. The lowest BCUT2D eigenvalue weighted by atomic mass is 9.97. The Kier molecular flexibility index (Phi) is 5.18. The minimum absolute atomic E-state index is 0.0342. The summed E-state index contributed by atoms with van der Waals surface area (Å²) in [5, 5.41) is 7.74.